The molecular weight excluding hydrogens is 254 g/mol. The van der Waals surface area contributed by atoms with E-state index in [2.05, 4.69) is 0 Å². The maximum atomic E-state index is 11.7. The van der Waals surface area contributed by atoms with Gasteiger partial charge in [0, 0.05) is 11.6 Å². The lowest BCUT2D eigenvalue weighted by molar-refractivity contribution is 0.0998. The summed E-state index contributed by atoms with van der Waals surface area (Å²) in [6.45, 7) is 2.00. The lowest BCUT2D eigenvalue weighted by Crippen LogP contribution is -2.14. The summed E-state index contributed by atoms with van der Waals surface area (Å²) >= 11 is 0. The van der Waals surface area contributed by atoms with Crippen molar-refractivity contribution in [3.63, 3.8) is 0 Å². The van der Waals surface area contributed by atoms with Crippen molar-refractivity contribution < 1.29 is 14.3 Å². The van der Waals surface area contributed by atoms with Crippen LogP contribution in [0.1, 0.15) is 15.9 Å². The summed E-state index contributed by atoms with van der Waals surface area (Å²) in [6.07, 6.45) is 0. The first-order chi connectivity index (χ1) is 9.56. The molecule has 0 aliphatic heterocycles. The van der Waals surface area contributed by atoms with Crippen LogP contribution >= 0.6 is 0 Å². The number of carbonyl (C=O) groups is 1. The van der Waals surface area contributed by atoms with E-state index in [1.807, 2.05) is 31.2 Å². The third-order valence-electron chi connectivity index (χ3n) is 3.14. The third-order valence-corrected chi connectivity index (χ3v) is 3.14. The number of nitrogens with two attached hydrogens (primary N) is 1. The first-order valence-electron chi connectivity index (χ1n) is 6.19. The Morgan fingerprint density at radius 2 is 1.70 bits per heavy atom. The first kappa shape index (κ1) is 13.9. The van der Waals surface area contributed by atoms with E-state index in [1.165, 1.54) is 7.11 Å². The Balaban J connectivity index is 2.71. The van der Waals surface area contributed by atoms with Crippen LogP contribution in [0.25, 0.3) is 11.1 Å². The van der Waals surface area contributed by atoms with Crippen LogP contribution in [0.2, 0.25) is 0 Å². The molecule has 2 N–H and O–H groups in total. The molecule has 0 bridgehead atoms. The lowest BCUT2D eigenvalue weighted by Gasteiger charge is -2.14. The Morgan fingerprint density at radius 3 is 2.20 bits per heavy atom. The summed E-state index contributed by atoms with van der Waals surface area (Å²) in [5, 5.41) is 0. The monoisotopic (exact) mass is 271 g/mol. The predicted molar refractivity (Wildman–Crippen MR) is 78.2 cm³/mol. The Hall–Kier alpha value is -2.49. The minimum atomic E-state index is -0.528. The quantitative estimate of drug-likeness (QED) is 0.930. The summed E-state index contributed by atoms with van der Waals surface area (Å²) in [7, 11) is 3.07. The van der Waals surface area contributed by atoms with Crippen LogP contribution in [0.4, 0.5) is 0 Å². The van der Waals surface area contributed by atoms with Crippen molar-refractivity contribution in [2.75, 3.05) is 14.2 Å². The zero-order valence-corrected chi connectivity index (χ0v) is 11.8. The molecular formula is C16H17NO3. The van der Waals surface area contributed by atoms with E-state index in [9.17, 15) is 4.79 Å². The van der Waals surface area contributed by atoms with Gasteiger partial charge in [-0.15, -0.1) is 0 Å². The van der Waals surface area contributed by atoms with E-state index >= 15 is 0 Å². The Kier molecular flexibility index (Phi) is 3.94. The summed E-state index contributed by atoms with van der Waals surface area (Å²) in [5.74, 6) is 0.495. The van der Waals surface area contributed by atoms with Gasteiger partial charge in [-0.05, 0) is 18.6 Å². The number of primary amides is 1. The molecule has 0 heterocycles. The van der Waals surface area contributed by atoms with Crippen LogP contribution in [-0.4, -0.2) is 20.1 Å². The highest BCUT2D eigenvalue weighted by Crippen LogP contribution is 2.35. The second-order valence-corrected chi connectivity index (χ2v) is 4.48. The van der Waals surface area contributed by atoms with Gasteiger partial charge in [0.05, 0.1) is 19.8 Å². The number of methoxy groups -OCH3 is 2. The fourth-order valence-electron chi connectivity index (χ4n) is 2.08. The summed E-state index contributed by atoms with van der Waals surface area (Å²) in [5.41, 5.74) is 8.58. The first-order valence-corrected chi connectivity index (χ1v) is 6.19. The van der Waals surface area contributed by atoms with E-state index in [4.69, 9.17) is 15.2 Å². The maximum Gasteiger partial charge on any atom is 0.253 e. The number of rotatable bonds is 4. The molecule has 0 fully saturated rings. The fraction of sp³-hybridized carbons (Fsp3) is 0.188. The van der Waals surface area contributed by atoms with Gasteiger partial charge in [-0.25, -0.2) is 0 Å². The second-order valence-electron chi connectivity index (χ2n) is 4.48. The molecule has 4 heteroatoms. The van der Waals surface area contributed by atoms with Gasteiger partial charge in [0.15, 0.2) is 0 Å². The predicted octanol–water partition coefficient (Wildman–Crippen LogP) is 2.78. The minimum absolute atomic E-state index is 0.358. The average Bonchev–Trinajstić information content (AvgIpc) is 2.46. The van der Waals surface area contributed by atoms with Gasteiger partial charge < -0.3 is 15.2 Å². The average molecular weight is 271 g/mol. The zero-order chi connectivity index (χ0) is 14.7. The van der Waals surface area contributed by atoms with Crippen molar-refractivity contribution in [2.45, 2.75) is 6.92 Å². The van der Waals surface area contributed by atoms with E-state index < -0.39 is 5.91 Å². The molecule has 2 aromatic rings. The molecule has 0 saturated carbocycles. The number of ether oxygens (including phenoxy) is 2. The number of hydrogen-bond donors (Lipinski definition) is 1. The van der Waals surface area contributed by atoms with Gasteiger partial charge in [-0.2, -0.15) is 0 Å². The Bertz CT molecular complexity index is 633. The topological polar surface area (TPSA) is 61.6 Å². The van der Waals surface area contributed by atoms with Crippen molar-refractivity contribution in [3.8, 4) is 22.6 Å². The van der Waals surface area contributed by atoms with E-state index in [-0.39, 0.29) is 0 Å². The van der Waals surface area contributed by atoms with Gasteiger partial charge in [0.2, 0.25) is 0 Å². The van der Waals surface area contributed by atoms with Crippen LogP contribution in [0.15, 0.2) is 36.4 Å². The molecule has 20 heavy (non-hydrogen) atoms. The van der Waals surface area contributed by atoms with Crippen LogP contribution < -0.4 is 15.2 Å². The van der Waals surface area contributed by atoms with Gasteiger partial charge in [0.1, 0.15) is 11.5 Å². The standard InChI is InChI=1S/C16H17NO3/c1-10-4-6-11(7-5-10)13-8-12(19-2)9-14(20-3)15(13)16(17)18/h4-9H,1-3H3,(H2,17,18). The van der Waals surface area contributed by atoms with Gasteiger partial charge in [-0.1, -0.05) is 29.8 Å². The molecule has 0 atom stereocenters. The van der Waals surface area contributed by atoms with E-state index in [0.717, 1.165) is 11.1 Å². The molecule has 0 saturated heterocycles. The summed E-state index contributed by atoms with van der Waals surface area (Å²) in [4.78, 5) is 11.7. The Morgan fingerprint density at radius 1 is 1.05 bits per heavy atom. The zero-order valence-electron chi connectivity index (χ0n) is 11.8. The second kappa shape index (κ2) is 5.65. The number of hydrogen-bond acceptors (Lipinski definition) is 3. The molecule has 0 unspecified atom stereocenters. The molecule has 0 aliphatic carbocycles. The normalized spacial score (nSPS) is 10.2. The van der Waals surface area contributed by atoms with Crippen molar-refractivity contribution in [1.29, 1.82) is 0 Å². The molecule has 2 aromatic carbocycles. The number of aryl methyl sites for hydroxylation is 1. The minimum Gasteiger partial charge on any atom is -0.497 e. The molecule has 0 aliphatic rings. The van der Waals surface area contributed by atoms with Gasteiger partial charge in [-0.3, -0.25) is 4.79 Å². The highest BCUT2D eigenvalue weighted by Gasteiger charge is 2.18. The van der Waals surface area contributed by atoms with E-state index in [1.54, 1.807) is 19.2 Å². The molecule has 0 aromatic heterocycles. The van der Waals surface area contributed by atoms with Crippen molar-refractivity contribution in [1.82, 2.24) is 0 Å². The molecule has 4 nitrogen and oxygen atoms in total. The smallest absolute Gasteiger partial charge is 0.253 e. The van der Waals surface area contributed by atoms with Crippen molar-refractivity contribution in [3.05, 3.63) is 47.5 Å². The summed E-state index contributed by atoms with van der Waals surface area (Å²) < 4.78 is 10.5. The van der Waals surface area contributed by atoms with Crippen molar-refractivity contribution in [2.24, 2.45) is 5.73 Å². The maximum absolute atomic E-state index is 11.7. The largest absolute Gasteiger partial charge is 0.497 e. The van der Waals surface area contributed by atoms with Gasteiger partial charge in [0.25, 0.3) is 5.91 Å². The van der Waals surface area contributed by atoms with Crippen molar-refractivity contribution >= 4 is 5.91 Å². The molecule has 2 rings (SSSR count). The van der Waals surface area contributed by atoms with Crippen LogP contribution in [0, 0.1) is 6.92 Å². The van der Waals surface area contributed by atoms with Gasteiger partial charge >= 0.3 is 0 Å². The molecule has 1 amide bonds. The van der Waals surface area contributed by atoms with Crippen LogP contribution in [0.5, 0.6) is 11.5 Å². The third kappa shape index (κ3) is 2.59. The highest BCUT2D eigenvalue weighted by molar-refractivity contribution is 6.03. The molecule has 0 radical (unpaired) electrons. The lowest BCUT2D eigenvalue weighted by atomic mass is 9.97. The summed E-state index contributed by atoms with van der Waals surface area (Å²) in [6, 6.07) is 11.3. The molecule has 0 spiro atoms. The highest BCUT2D eigenvalue weighted by atomic mass is 16.5. The van der Waals surface area contributed by atoms with Crippen LogP contribution in [-0.2, 0) is 0 Å². The Labute approximate surface area is 118 Å². The van der Waals surface area contributed by atoms with E-state index in [0.29, 0.717) is 22.6 Å². The molecule has 104 valence electrons. The SMILES string of the molecule is COc1cc(OC)c(C(N)=O)c(-c2ccc(C)cc2)c1. The number of carbonyl (C=O) groups excluding carboxylic acids is 1. The fourth-order valence-corrected chi connectivity index (χ4v) is 2.08. The number of amides is 1. The number of benzene rings is 2. The van der Waals surface area contributed by atoms with Crippen LogP contribution in [0.3, 0.4) is 0 Å².